The van der Waals surface area contributed by atoms with Gasteiger partial charge in [0, 0.05) is 32.1 Å². The van der Waals surface area contributed by atoms with Gasteiger partial charge in [-0.2, -0.15) is 0 Å². The van der Waals surface area contributed by atoms with Crippen LogP contribution >= 0.6 is 0 Å². The van der Waals surface area contributed by atoms with Gasteiger partial charge in [0.15, 0.2) is 0 Å². The molecule has 4 heterocycles. The van der Waals surface area contributed by atoms with Crippen molar-refractivity contribution in [2.45, 2.75) is 25.4 Å². The van der Waals surface area contributed by atoms with Crippen LogP contribution in [0.1, 0.15) is 19.3 Å². The average molecular weight is 304 g/mol. The molecule has 0 spiro atoms. The van der Waals surface area contributed by atoms with Gasteiger partial charge in [0.05, 0.1) is 24.7 Å². The van der Waals surface area contributed by atoms with Gasteiger partial charge in [-0.1, -0.05) is 0 Å². The number of hydrogen-bond acceptors (Lipinski definition) is 6. The predicted molar refractivity (Wildman–Crippen MR) is 77.9 cm³/mol. The third-order valence-corrected chi connectivity index (χ3v) is 4.86. The first kappa shape index (κ1) is 13.9. The molecule has 1 amide bonds. The monoisotopic (exact) mass is 304 g/mol. The molecule has 7 heteroatoms. The molecule has 2 atom stereocenters. The van der Waals surface area contributed by atoms with Gasteiger partial charge >= 0.3 is 0 Å². The number of hydroxylamine groups is 2. The quantitative estimate of drug-likeness (QED) is 0.798. The van der Waals surface area contributed by atoms with Crippen LogP contribution in [-0.4, -0.2) is 59.9 Å². The van der Waals surface area contributed by atoms with Crippen LogP contribution in [0.4, 0.5) is 5.95 Å². The number of rotatable bonds is 2. The second-order valence-corrected chi connectivity index (χ2v) is 6.12. The Morgan fingerprint density at radius 1 is 1.27 bits per heavy atom. The Labute approximate surface area is 129 Å². The van der Waals surface area contributed by atoms with E-state index >= 15 is 0 Å². The number of carbonyl (C=O) groups is 1. The molecule has 3 saturated heterocycles. The Kier molecular flexibility index (Phi) is 3.46. The van der Waals surface area contributed by atoms with Crippen molar-refractivity contribution in [1.82, 2.24) is 15.0 Å². The minimum Gasteiger partial charge on any atom is -0.377 e. The first-order chi connectivity index (χ1) is 10.8. The van der Waals surface area contributed by atoms with Gasteiger partial charge in [-0.3, -0.25) is 9.63 Å². The van der Waals surface area contributed by atoms with E-state index < -0.39 is 5.41 Å². The number of amides is 1. The zero-order valence-corrected chi connectivity index (χ0v) is 12.5. The fraction of sp³-hybridized carbons (Fsp3) is 0.667. The van der Waals surface area contributed by atoms with Crippen LogP contribution in [0.25, 0.3) is 0 Å². The average Bonchev–Trinajstić information content (AvgIpc) is 3.24. The van der Waals surface area contributed by atoms with Crippen LogP contribution in [0, 0.1) is 5.41 Å². The molecule has 0 N–H and O–H groups in total. The summed E-state index contributed by atoms with van der Waals surface area (Å²) in [7, 11) is 0. The maximum absolute atomic E-state index is 13.0. The normalized spacial score (nSPS) is 31.4. The van der Waals surface area contributed by atoms with E-state index in [9.17, 15) is 4.79 Å². The molecule has 1 aromatic heterocycles. The molecule has 0 aromatic carbocycles. The minimum absolute atomic E-state index is 0.0239. The summed E-state index contributed by atoms with van der Waals surface area (Å²) in [6.07, 6.45) is 5.90. The summed E-state index contributed by atoms with van der Waals surface area (Å²) in [5.41, 5.74) is -0.526. The van der Waals surface area contributed by atoms with Crippen molar-refractivity contribution < 1.29 is 14.4 Å². The maximum Gasteiger partial charge on any atom is 0.256 e. The van der Waals surface area contributed by atoms with Crippen LogP contribution in [0.5, 0.6) is 0 Å². The van der Waals surface area contributed by atoms with E-state index in [-0.39, 0.29) is 12.0 Å². The van der Waals surface area contributed by atoms with Gasteiger partial charge in [-0.15, -0.1) is 0 Å². The minimum atomic E-state index is -0.526. The van der Waals surface area contributed by atoms with Gasteiger partial charge in [0.2, 0.25) is 5.95 Å². The molecule has 4 rings (SSSR count). The lowest BCUT2D eigenvalue weighted by molar-refractivity contribution is -0.184. The lowest BCUT2D eigenvalue weighted by Crippen LogP contribution is -2.57. The van der Waals surface area contributed by atoms with Gasteiger partial charge in [0.1, 0.15) is 0 Å². The fourth-order valence-corrected chi connectivity index (χ4v) is 3.73. The van der Waals surface area contributed by atoms with Crippen molar-refractivity contribution in [2.75, 3.05) is 37.7 Å². The van der Waals surface area contributed by atoms with E-state index in [0.29, 0.717) is 32.3 Å². The van der Waals surface area contributed by atoms with Gasteiger partial charge in [0.25, 0.3) is 5.91 Å². The summed E-state index contributed by atoms with van der Waals surface area (Å²) in [5, 5.41) is 1.54. The number of anilines is 1. The van der Waals surface area contributed by atoms with Crippen LogP contribution in [0.2, 0.25) is 0 Å². The number of piperidine rings is 1. The second kappa shape index (κ2) is 5.48. The van der Waals surface area contributed by atoms with Crippen molar-refractivity contribution in [1.29, 1.82) is 0 Å². The Morgan fingerprint density at radius 2 is 2.14 bits per heavy atom. The largest absolute Gasteiger partial charge is 0.377 e. The molecular weight excluding hydrogens is 284 g/mol. The molecule has 3 aliphatic rings. The van der Waals surface area contributed by atoms with Gasteiger partial charge < -0.3 is 9.64 Å². The molecule has 0 unspecified atom stereocenters. The van der Waals surface area contributed by atoms with Crippen molar-refractivity contribution >= 4 is 11.9 Å². The highest BCUT2D eigenvalue weighted by Gasteiger charge is 2.55. The summed E-state index contributed by atoms with van der Waals surface area (Å²) in [6.45, 7) is 3.34. The van der Waals surface area contributed by atoms with Gasteiger partial charge in [-0.05, 0) is 25.3 Å². The van der Waals surface area contributed by atoms with Crippen LogP contribution in [0.15, 0.2) is 18.5 Å². The van der Waals surface area contributed by atoms with E-state index in [2.05, 4.69) is 14.9 Å². The third-order valence-electron chi connectivity index (χ3n) is 4.86. The Balaban J connectivity index is 1.61. The first-order valence-corrected chi connectivity index (χ1v) is 7.88. The standard InChI is InChI=1S/C15H20N4O3/c20-13(19-7-2-9-22-19)15-4-10-21-12(15)3-8-18(11-15)14-16-5-1-6-17-14/h1,5-6,12H,2-4,7-11H2/t12-,15-/m0/s1. The fourth-order valence-electron chi connectivity index (χ4n) is 3.73. The molecule has 0 aliphatic carbocycles. The van der Waals surface area contributed by atoms with Crippen LogP contribution in [-0.2, 0) is 14.4 Å². The molecule has 118 valence electrons. The summed E-state index contributed by atoms with van der Waals surface area (Å²) in [6, 6.07) is 1.80. The molecule has 0 saturated carbocycles. The molecule has 3 aliphatic heterocycles. The molecular formula is C15H20N4O3. The zero-order chi connectivity index (χ0) is 15.0. The van der Waals surface area contributed by atoms with Gasteiger partial charge in [-0.25, -0.2) is 15.0 Å². The molecule has 1 aromatic rings. The third kappa shape index (κ3) is 2.16. The highest BCUT2D eigenvalue weighted by Crippen LogP contribution is 2.43. The van der Waals surface area contributed by atoms with Crippen LogP contribution < -0.4 is 4.90 Å². The molecule has 0 bridgehead atoms. The van der Waals surface area contributed by atoms with E-state index in [1.807, 2.05) is 0 Å². The number of aromatic nitrogens is 2. The second-order valence-electron chi connectivity index (χ2n) is 6.12. The highest BCUT2D eigenvalue weighted by molar-refractivity contribution is 5.84. The molecule has 22 heavy (non-hydrogen) atoms. The van der Waals surface area contributed by atoms with Crippen molar-refractivity contribution in [3.05, 3.63) is 18.5 Å². The topological polar surface area (TPSA) is 67.8 Å². The summed E-state index contributed by atoms with van der Waals surface area (Å²) >= 11 is 0. The highest BCUT2D eigenvalue weighted by atomic mass is 16.7. The number of ether oxygens (including phenoxy) is 1. The lowest BCUT2D eigenvalue weighted by atomic mass is 9.75. The van der Waals surface area contributed by atoms with E-state index in [4.69, 9.17) is 9.57 Å². The van der Waals surface area contributed by atoms with E-state index in [1.54, 1.807) is 18.5 Å². The number of hydrogen-bond donors (Lipinski definition) is 0. The van der Waals surface area contributed by atoms with Crippen LogP contribution in [0.3, 0.4) is 0 Å². The number of carbonyl (C=O) groups excluding carboxylic acids is 1. The Hall–Kier alpha value is -1.73. The molecule has 3 fully saturated rings. The number of nitrogens with zero attached hydrogens (tertiary/aromatic N) is 4. The Bertz CT molecular complexity index is 549. The van der Waals surface area contributed by atoms with E-state index in [0.717, 1.165) is 25.8 Å². The summed E-state index contributed by atoms with van der Waals surface area (Å²) in [4.78, 5) is 29.3. The lowest BCUT2D eigenvalue weighted by Gasteiger charge is -2.43. The molecule has 0 radical (unpaired) electrons. The zero-order valence-electron chi connectivity index (χ0n) is 12.5. The number of fused-ring (bicyclic) bond motifs is 1. The first-order valence-electron chi connectivity index (χ1n) is 7.88. The predicted octanol–water partition coefficient (Wildman–Crippen LogP) is 0.626. The van der Waals surface area contributed by atoms with E-state index in [1.165, 1.54) is 5.06 Å². The summed E-state index contributed by atoms with van der Waals surface area (Å²) in [5.74, 6) is 0.746. The molecule has 7 nitrogen and oxygen atoms in total. The summed E-state index contributed by atoms with van der Waals surface area (Å²) < 4.78 is 5.85. The maximum atomic E-state index is 13.0. The van der Waals surface area contributed by atoms with Crippen molar-refractivity contribution in [3.8, 4) is 0 Å². The van der Waals surface area contributed by atoms with Crippen molar-refractivity contribution in [2.24, 2.45) is 5.41 Å². The Morgan fingerprint density at radius 3 is 2.91 bits per heavy atom. The smallest absolute Gasteiger partial charge is 0.256 e. The SMILES string of the molecule is O=C(N1CCCO1)[C@]12CCO[C@H]1CCN(c1ncccn1)C2. The van der Waals surface area contributed by atoms with Crippen molar-refractivity contribution in [3.63, 3.8) is 0 Å².